The van der Waals surface area contributed by atoms with Gasteiger partial charge in [0.25, 0.3) is 0 Å². The van der Waals surface area contributed by atoms with Crippen LogP contribution in [0.2, 0.25) is 5.02 Å². The van der Waals surface area contributed by atoms with E-state index in [2.05, 4.69) is 0 Å². The van der Waals surface area contributed by atoms with Gasteiger partial charge in [0.2, 0.25) is 15.3 Å². The Hall–Kier alpha value is -2.96. The number of benzene rings is 3. The number of fused-ring (bicyclic) bond motifs is 1. The highest BCUT2D eigenvalue weighted by Gasteiger charge is 2.24. The van der Waals surface area contributed by atoms with Crippen LogP contribution in [0.3, 0.4) is 0 Å². The number of aryl methyl sites for hydroxylation is 1. The molecule has 0 aliphatic heterocycles. The van der Waals surface area contributed by atoms with Crippen molar-refractivity contribution in [3.8, 4) is 0 Å². The van der Waals surface area contributed by atoms with Gasteiger partial charge in [0.15, 0.2) is 0 Å². The molecule has 0 saturated heterocycles. The molecule has 0 radical (unpaired) electrons. The number of aromatic nitrogens is 1. The largest absolute Gasteiger partial charge is 0.341 e. The molecule has 3 aromatic carbocycles. The van der Waals surface area contributed by atoms with E-state index in [0.29, 0.717) is 10.5 Å². The molecule has 7 heteroatoms. The lowest BCUT2D eigenvalue weighted by molar-refractivity contribution is 0.593. The summed E-state index contributed by atoms with van der Waals surface area (Å²) >= 11 is 5.94. The zero-order chi connectivity index (χ0) is 21.5. The van der Waals surface area contributed by atoms with Gasteiger partial charge in [-0.3, -0.25) is 4.79 Å². The van der Waals surface area contributed by atoms with Gasteiger partial charge in [-0.2, -0.15) is 0 Å². The molecule has 0 atom stereocenters. The minimum atomic E-state index is -4.09. The number of nitrogens with zero attached hydrogens (tertiary/aromatic N) is 1. The molecule has 0 bridgehead atoms. The second-order valence-corrected chi connectivity index (χ2v) is 9.41. The quantitative estimate of drug-likeness (QED) is 0.448. The van der Waals surface area contributed by atoms with E-state index in [0.717, 1.165) is 17.2 Å². The van der Waals surface area contributed by atoms with Gasteiger partial charge in [0.05, 0.1) is 10.4 Å². The highest BCUT2D eigenvalue weighted by molar-refractivity contribution is 7.91. The van der Waals surface area contributed by atoms with E-state index in [1.807, 2.05) is 19.1 Å². The van der Waals surface area contributed by atoms with Crippen LogP contribution in [-0.4, -0.2) is 13.0 Å². The van der Waals surface area contributed by atoms with Crippen molar-refractivity contribution in [2.75, 3.05) is 0 Å². The van der Waals surface area contributed by atoms with E-state index >= 15 is 0 Å². The number of pyridine rings is 1. The van der Waals surface area contributed by atoms with E-state index < -0.39 is 26.0 Å². The summed E-state index contributed by atoms with van der Waals surface area (Å²) in [5, 5.41) is 0.588. The summed E-state index contributed by atoms with van der Waals surface area (Å²) in [6, 6.07) is 17.1. The summed E-state index contributed by atoms with van der Waals surface area (Å²) in [6.45, 7) is 2.13. The van der Waals surface area contributed by atoms with Crippen LogP contribution in [0, 0.1) is 12.7 Å². The van der Waals surface area contributed by atoms with E-state index in [9.17, 15) is 17.6 Å². The third-order valence-corrected chi connectivity index (χ3v) is 6.91. The van der Waals surface area contributed by atoms with Crippen LogP contribution in [0.5, 0.6) is 0 Å². The summed E-state index contributed by atoms with van der Waals surface area (Å²) in [5.41, 5.74) is 1.47. The maximum Gasteiger partial charge on any atom is 0.211 e. The summed E-state index contributed by atoms with van der Waals surface area (Å²) in [6.07, 6.45) is 1.33. The fourth-order valence-electron chi connectivity index (χ4n) is 3.30. The predicted octanol–water partition coefficient (Wildman–Crippen LogP) is 4.98. The molecular formula is C23H17ClFNO3S. The van der Waals surface area contributed by atoms with Crippen molar-refractivity contribution in [1.82, 2.24) is 4.57 Å². The summed E-state index contributed by atoms with van der Waals surface area (Å²) in [7, 11) is -4.09. The van der Waals surface area contributed by atoms with Gasteiger partial charge >= 0.3 is 0 Å². The van der Waals surface area contributed by atoms with E-state index in [1.54, 1.807) is 28.8 Å². The van der Waals surface area contributed by atoms with Crippen molar-refractivity contribution < 1.29 is 12.8 Å². The smallest absolute Gasteiger partial charge is 0.211 e. The maximum atomic E-state index is 13.9. The Bertz CT molecular complexity index is 1410. The minimum absolute atomic E-state index is 0.0113. The Morgan fingerprint density at radius 3 is 2.30 bits per heavy atom. The molecule has 0 saturated carbocycles. The summed E-state index contributed by atoms with van der Waals surface area (Å²) in [4.78, 5) is 12.7. The third-order valence-electron chi connectivity index (χ3n) is 4.90. The van der Waals surface area contributed by atoms with Crippen LogP contribution >= 0.6 is 11.6 Å². The molecule has 4 rings (SSSR count). The second-order valence-electron chi connectivity index (χ2n) is 7.05. The minimum Gasteiger partial charge on any atom is -0.341 e. The first-order valence-electron chi connectivity index (χ1n) is 9.14. The molecule has 0 aliphatic carbocycles. The van der Waals surface area contributed by atoms with Gasteiger partial charge in [-0.15, -0.1) is 0 Å². The maximum absolute atomic E-state index is 13.9. The molecule has 0 fully saturated rings. The van der Waals surface area contributed by atoms with Gasteiger partial charge in [-0.05, 0) is 55.0 Å². The molecule has 4 aromatic rings. The molecule has 1 aromatic heterocycles. The zero-order valence-corrected chi connectivity index (χ0v) is 17.5. The molecule has 4 nitrogen and oxygen atoms in total. The molecule has 0 spiro atoms. The lowest BCUT2D eigenvalue weighted by Gasteiger charge is -2.14. The van der Waals surface area contributed by atoms with Crippen molar-refractivity contribution in [3.05, 3.63) is 105 Å². The Morgan fingerprint density at radius 2 is 1.63 bits per heavy atom. The molecular weight excluding hydrogens is 425 g/mol. The number of rotatable bonds is 4. The van der Waals surface area contributed by atoms with Gasteiger partial charge in [-0.1, -0.05) is 41.4 Å². The van der Waals surface area contributed by atoms with Crippen LogP contribution in [0.15, 0.2) is 87.5 Å². The number of halogens is 2. The Balaban J connectivity index is 1.96. The average Bonchev–Trinajstić information content (AvgIpc) is 2.72. The van der Waals surface area contributed by atoms with Crippen LogP contribution in [0.4, 0.5) is 4.39 Å². The second kappa shape index (κ2) is 7.70. The number of hydrogen-bond acceptors (Lipinski definition) is 3. The first kappa shape index (κ1) is 20.3. The molecule has 0 N–H and O–H groups in total. The van der Waals surface area contributed by atoms with Gasteiger partial charge < -0.3 is 4.57 Å². The lowest BCUT2D eigenvalue weighted by atomic mass is 10.1. The van der Waals surface area contributed by atoms with Gasteiger partial charge in [-0.25, -0.2) is 12.8 Å². The van der Waals surface area contributed by atoms with Gasteiger partial charge in [0.1, 0.15) is 10.7 Å². The van der Waals surface area contributed by atoms with Crippen molar-refractivity contribution in [2.45, 2.75) is 23.3 Å². The highest BCUT2D eigenvalue weighted by Crippen LogP contribution is 2.23. The number of hydrogen-bond donors (Lipinski definition) is 0. The predicted molar refractivity (Wildman–Crippen MR) is 115 cm³/mol. The fraction of sp³-hybridized carbons (Fsp3) is 0.0870. The van der Waals surface area contributed by atoms with Gasteiger partial charge in [0, 0.05) is 23.2 Å². The summed E-state index contributed by atoms with van der Waals surface area (Å²) in [5.74, 6) is -0.609. The van der Waals surface area contributed by atoms with Crippen molar-refractivity contribution in [2.24, 2.45) is 0 Å². The van der Waals surface area contributed by atoms with E-state index in [-0.39, 0.29) is 16.8 Å². The highest BCUT2D eigenvalue weighted by atomic mass is 35.5. The monoisotopic (exact) mass is 441 g/mol. The SMILES string of the molecule is Cc1ccc(S(=O)(=O)c2cn(Cc3ccc(Cl)cc3)c3ccc(F)cc3c2=O)cc1. The normalized spacial score (nSPS) is 11.7. The Labute approximate surface area is 178 Å². The van der Waals surface area contributed by atoms with Crippen molar-refractivity contribution in [1.29, 1.82) is 0 Å². The van der Waals surface area contributed by atoms with Crippen LogP contribution < -0.4 is 5.43 Å². The van der Waals surface area contributed by atoms with Crippen LogP contribution in [0.25, 0.3) is 10.9 Å². The Kier molecular flexibility index (Phi) is 5.22. The molecule has 152 valence electrons. The van der Waals surface area contributed by atoms with Crippen molar-refractivity contribution in [3.63, 3.8) is 0 Å². The zero-order valence-electron chi connectivity index (χ0n) is 16.0. The molecule has 1 heterocycles. The standard InChI is InChI=1S/C23H17ClFNO3S/c1-15-2-9-19(10-3-15)30(28,29)22-14-26(13-16-4-6-17(24)7-5-16)21-11-8-18(25)12-20(21)23(22)27/h2-12,14H,13H2,1H3. The van der Waals surface area contributed by atoms with E-state index in [1.165, 1.54) is 30.5 Å². The lowest BCUT2D eigenvalue weighted by Crippen LogP contribution is -2.20. The van der Waals surface area contributed by atoms with Crippen molar-refractivity contribution >= 4 is 32.3 Å². The number of sulfone groups is 1. The van der Waals surface area contributed by atoms with E-state index in [4.69, 9.17) is 11.6 Å². The fourth-order valence-corrected chi connectivity index (χ4v) is 4.79. The Morgan fingerprint density at radius 1 is 0.967 bits per heavy atom. The molecule has 30 heavy (non-hydrogen) atoms. The first-order chi connectivity index (χ1) is 14.3. The van der Waals surface area contributed by atoms with Crippen LogP contribution in [0.1, 0.15) is 11.1 Å². The average molecular weight is 442 g/mol. The third kappa shape index (κ3) is 3.76. The summed E-state index contributed by atoms with van der Waals surface area (Å²) < 4.78 is 42.0. The molecule has 0 unspecified atom stereocenters. The first-order valence-corrected chi connectivity index (χ1v) is 11.0. The molecule has 0 amide bonds. The van der Waals surface area contributed by atoms with Crippen LogP contribution in [-0.2, 0) is 16.4 Å². The molecule has 0 aliphatic rings. The topological polar surface area (TPSA) is 56.1 Å².